The molecule has 0 radical (unpaired) electrons. The molecule has 9 heteroatoms. The third kappa shape index (κ3) is 3.96. The first kappa shape index (κ1) is 19.5. The zero-order valence-electron chi connectivity index (χ0n) is 17.1. The molecular weight excluding hydrogens is 398 g/mol. The Morgan fingerprint density at radius 2 is 1.71 bits per heavy atom. The van der Waals surface area contributed by atoms with Crippen molar-refractivity contribution < 1.29 is 13.9 Å². The molecule has 3 aromatic rings. The Morgan fingerprint density at radius 3 is 2.52 bits per heavy atom. The third-order valence-electron chi connectivity index (χ3n) is 5.68. The van der Waals surface area contributed by atoms with Crippen LogP contribution in [0.15, 0.2) is 51.8 Å². The minimum absolute atomic E-state index is 0.0730. The van der Waals surface area contributed by atoms with Gasteiger partial charge >= 0.3 is 5.63 Å². The lowest BCUT2D eigenvalue weighted by atomic mass is 10.1. The molecule has 2 aliphatic heterocycles. The summed E-state index contributed by atoms with van der Waals surface area (Å²) in [6.07, 6.45) is 1.77. The van der Waals surface area contributed by atoms with Crippen LogP contribution < -0.4 is 15.4 Å². The summed E-state index contributed by atoms with van der Waals surface area (Å²) < 4.78 is 10.7. The second-order valence-electron chi connectivity index (χ2n) is 7.58. The van der Waals surface area contributed by atoms with E-state index in [9.17, 15) is 9.59 Å². The Kier molecular flexibility index (Phi) is 5.25. The highest BCUT2D eigenvalue weighted by Gasteiger charge is 2.26. The SMILES string of the molecule is O=C(c1cc2ccccc2oc1=O)N1CCN(c2ccnc(N3CCOCC3)n2)CC1. The van der Waals surface area contributed by atoms with E-state index < -0.39 is 5.63 Å². The summed E-state index contributed by atoms with van der Waals surface area (Å²) in [5, 5.41) is 0.737. The molecule has 0 aliphatic carbocycles. The molecule has 9 nitrogen and oxygen atoms in total. The number of carbonyl (C=O) groups excluding carboxylic acids is 1. The van der Waals surface area contributed by atoms with Crippen molar-refractivity contribution >= 4 is 28.6 Å². The number of nitrogens with zero attached hydrogens (tertiary/aromatic N) is 5. The number of fused-ring (bicyclic) bond motifs is 1. The van der Waals surface area contributed by atoms with Crippen molar-refractivity contribution in [1.29, 1.82) is 0 Å². The number of hydrogen-bond acceptors (Lipinski definition) is 8. The van der Waals surface area contributed by atoms with Gasteiger partial charge in [0.25, 0.3) is 5.91 Å². The predicted octanol–water partition coefficient (Wildman–Crippen LogP) is 1.38. The minimum Gasteiger partial charge on any atom is -0.422 e. The predicted molar refractivity (Wildman–Crippen MR) is 116 cm³/mol. The Morgan fingerprint density at radius 1 is 0.935 bits per heavy atom. The van der Waals surface area contributed by atoms with Crippen LogP contribution in [0.25, 0.3) is 11.0 Å². The largest absolute Gasteiger partial charge is 0.422 e. The summed E-state index contributed by atoms with van der Waals surface area (Å²) in [5.74, 6) is 1.25. The number of amides is 1. The van der Waals surface area contributed by atoms with E-state index in [0.717, 1.165) is 24.3 Å². The van der Waals surface area contributed by atoms with Gasteiger partial charge in [-0.3, -0.25) is 4.79 Å². The van der Waals surface area contributed by atoms with Gasteiger partial charge in [-0.1, -0.05) is 18.2 Å². The molecular formula is C22H23N5O4. The summed E-state index contributed by atoms with van der Waals surface area (Å²) in [5.41, 5.74) is -0.0467. The van der Waals surface area contributed by atoms with Gasteiger partial charge in [-0.2, -0.15) is 4.98 Å². The van der Waals surface area contributed by atoms with Crippen LogP contribution in [0.3, 0.4) is 0 Å². The minimum atomic E-state index is -0.600. The average molecular weight is 421 g/mol. The quantitative estimate of drug-likeness (QED) is 0.586. The van der Waals surface area contributed by atoms with Crippen LogP contribution in [-0.4, -0.2) is 73.3 Å². The number of aromatic nitrogens is 2. The molecule has 160 valence electrons. The van der Waals surface area contributed by atoms with E-state index in [1.165, 1.54) is 0 Å². The monoisotopic (exact) mass is 421 g/mol. The molecule has 2 aromatic heterocycles. The van der Waals surface area contributed by atoms with Crippen molar-refractivity contribution in [2.45, 2.75) is 0 Å². The first-order valence-corrected chi connectivity index (χ1v) is 10.4. The lowest BCUT2D eigenvalue weighted by Crippen LogP contribution is -2.49. The van der Waals surface area contributed by atoms with Gasteiger partial charge < -0.3 is 23.9 Å². The maximum absolute atomic E-state index is 13.0. The van der Waals surface area contributed by atoms with Crippen molar-refractivity contribution in [3.63, 3.8) is 0 Å². The first-order valence-electron chi connectivity index (χ1n) is 10.4. The zero-order chi connectivity index (χ0) is 21.2. The van der Waals surface area contributed by atoms with E-state index in [0.29, 0.717) is 50.9 Å². The summed E-state index contributed by atoms with van der Waals surface area (Å²) in [7, 11) is 0. The van der Waals surface area contributed by atoms with Gasteiger partial charge in [-0.25, -0.2) is 9.78 Å². The number of para-hydroxylation sites is 1. The van der Waals surface area contributed by atoms with Crippen molar-refractivity contribution in [2.75, 3.05) is 62.3 Å². The highest BCUT2D eigenvalue weighted by Crippen LogP contribution is 2.19. The van der Waals surface area contributed by atoms with Crippen molar-refractivity contribution in [2.24, 2.45) is 0 Å². The zero-order valence-corrected chi connectivity index (χ0v) is 17.1. The molecule has 0 saturated carbocycles. The number of piperazine rings is 1. The second kappa shape index (κ2) is 8.35. The Hall–Kier alpha value is -3.46. The van der Waals surface area contributed by atoms with Crippen molar-refractivity contribution in [1.82, 2.24) is 14.9 Å². The molecule has 0 bridgehead atoms. The van der Waals surface area contributed by atoms with Gasteiger partial charge in [0.2, 0.25) is 5.95 Å². The van der Waals surface area contributed by atoms with Gasteiger partial charge in [0.05, 0.1) is 13.2 Å². The Balaban J connectivity index is 1.28. The number of benzene rings is 1. The van der Waals surface area contributed by atoms with Crippen LogP contribution in [-0.2, 0) is 4.74 Å². The van der Waals surface area contributed by atoms with Crippen LogP contribution in [0, 0.1) is 0 Å². The van der Waals surface area contributed by atoms with E-state index in [4.69, 9.17) is 14.1 Å². The fraction of sp³-hybridized carbons (Fsp3) is 0.364. The molecule has 5 rings (SSSR count). The summed E-state index contributed by atoms with van der Waals surface area (Å²) in [6, 6.07) is 10.7. The van der Waals surface area contributed by atoms with E-state index in [1.807, 2.05) is 18.2 Å². The highest BCUT2D eigenvalue weighted by atomic mass is 16.5. The second-order valence-corrected chi connectivity index (χ2v) is 7.58. The maximum Gasteiger partial charge on any atom is 0.349 e. The highest BCUT2D eigenvalue weighted by molar-refractivity contribution is 5.96. The molecule has 2 fully saturated rings. The normalized spacial score (nSPS) is 17.2. The van der Waals surface area contributed by atoms with Crippen LogP contribution in [0.5, 0.6) is 0 Å². The lowest BCUT2D eigenvalue weighted by molar-refractivity contribution is 0.0742. The molecule has 0 spiro atoms. The van der Waals surface area contributed by atoms with Crippen molar-refractivity contribution in [3.8, 4) is 0 Å². The van der Waals surface area contributed by atoms with Gasteiger partial charge in [-0.15, -0.1) is 0 Å². The lowest BCUT2D eigenvalue weighted by Gasteiger charge is -2.35. The molecule has 2 saturated heterocycles. The number of rotatable bonds is 3. The fourth-order valence-corrected chi connectivity index (χ4v) is 3.95. The molecule has 0 N–H and O–H groups in total. The fourth-order valence-electron chi connectivity index (χ4n) is 3.95. The molecule has 4 heterocycles. The molecule has 0 atom stereocenters. The number of hydrogen-bond donors (Lipinski definition) is 0. The summed E-state index contributed by atoms with van der Waals surface area (Å²) in [6.45, 7) is 5.17. The smallest absolute Gasteiger partial charge is 0.349 e. The van der Waals surface area contributed by atoms with Crippen molar-refractivity contribution in [3.05, 3.63) is 58.6 Å². The van der Waals surface area contributed by atoms with E-state index in [-0.39, 0.29) is 11.5 Å². The van der Waals surface area contributed by atoms with Crippen LogP contribution >= 0.6 is 0 Å². The first-order chi connectivity index (χ1) is 15.2. The average Bonchev–Trinajstić information content (AvgIpc) is 2.84. The van der Waals surface area contributed by atoms with E-state index >= 15 is 0 Å². The van der Waals surface area contributed by atoms with Gasteiger partial charge in [0, 0.05) is 50.9 Å². The number of ether oxygens (including phenoxy) is 1. The van der Waals surface area contributed by atoms with Crippen LogP contribution in [0.4, 0.5) is 11.8 Å². The molecule has 0 unspecified atom stereocenters. The molecule has 1 aromatic carbocycles. The summed E-state index contributed by atoms with van der Waals surface area (Å²) in [4.78, 5) is 40.4. The maximum atomic E-state index is 13.0. The van der Waals surface area contributed by atoms with Gasteiger partial charge in [-0.05, 0) is 18.2 Å². The standard InChI is InChI=1S/C22H23N5O4/c28-20(17-15-16-3-1-2-4-18(16)31-21(17)29)26-9-7-25(8-10-26)19-5-6-23-22(24-19)27-11-13-30-14-12-27/h1-6,15H,7-14H2. The van der Waals surface area contributed by atoms with Crippen LogP contribution in [0.1, 0.15) is 10.4 Å². The van der Waals surface area contributed by atoms with E-state index in [2.05, 4.69) is 14.8 Å². The Bertz CT molecular complexity index is 1150. The number of morpholine rings is 1. The molecule has 1 amide bonds. The topological polar surface area (TPSA) is 92.0 Å². The van der Waals surface area contributed by atoms with E-state index in [1.54, 1.807) is 29.3 Å². The number of anilines is 2. The summed E-state index contributed by atoms with van der Waals surface area (Å²) >= 11 is 0. The Labute approximate surface area is 178 Å². The number of carbonyl (C=O) groups is 1. The van der Waals surface area contributed by atoms with Crippen LogP contribution in [0.2, 0.25) is 0 Å². The molecule has 2 aliphatic rings. The van der Waals surface area contributed by atoms with Gasteiger partial charge in [0.1, 0.15) is 17.0 Å². The third-order valence-corrected chi connectivity index (χ3v) is 5.68. The van der Waals surface area contributed by atoms with Gasteiger partial charge in [0.15, 0.2) is 0 Å². The molecule has 31 heavy (non-hydrogen) atoms.